The highest BCUT2D eigenvalue weighted by atomic mass is 79.9. The maximum Gasteiger partial charge on any atom is 0.311 e. The number of hydrogen-bond donors (Lipinski definition) is 2. The highest BCUT2D eigenvalue weighted by Gasteiger charge is 2.37. The molecule has 0 spiro atoms. The van der Waals surface area contributed by atoms with E-state index in [4.69, 9.17) is 0 Å². The van der Waals surface area contributed by atoms with Gasteiger partial charge in [-0.2, -0.15) is 0 Å². The summed E-state index contributed by atoms with van der Waals surface area (Å²) in [5.41, 5.74) is -1.63. The third-order valence-electron chi connectivity index (χ3n) is 3.04. The standard InChI is InChI=1S/C11H16BrN3O3/c1-10(2,11(3,4)16)14-9-7(12)5-13-6-8(9)15(17)18/h5-6,16H,1-4H3,(H,13,14). The van der Waals surface area contributed by atoms with Crippen molar-refractivity contribution in [2.75, 3.05) is 5.32 Å². The first-order valence-corrected chi connectivity index (χ1v) is 6.14. The predicted molar refractivity (Wildman–Crippen MR) is 72.6 cm³/mol. The molecule has 0 aromatic carbocycles. The van der Waals surface area contributed by atoms with Crippen LogP contribution in [-0.4, -0.2) is 26.2 Å². The second-order valence-electron chi connectivity index (χ2n) is 5.08. The summed E-state index contributed by atoms with van der Waals surface area (Å²) in [7, 11) is 0. The summed E-state index contributed by atoms with van der Waals surface area (Å²) in [6.45, 7) is 6.81. The number of nitrogens with one attached hydrogen (secondary N) is 1. The second kappa shape index (κ2) is 4.81. The summed E-state index contributed by atoms with van der Waals surface area (Å²) in [5.74, 6) is 0. The summed E-state index contributed by atoms with van der Waals surface area (Å²) in [4.78, 5) is 14.2. The van der Waals surface area contributed by atoms with Crippen molar-refractivity contribution < 1.29 is 10.0 Å². The van der Waals surface area contributed by atoms with Crippen molar-refractivity contribution in [3.05, 3.63) is 27.0 Å². The van der Waals surface area contributed by atoms with E-state index in [1.807, 2.05) is 0 Å². The number of nitro groups is 1. The molecule has 1 heterocycles. The molecule has 0 aliphatic heterocycles. The third kappa shape index (κ3) is 2.97. The van der Waals surface area contributed by atoms with Gasteiger partial charge in [-0.15, -0.1) is 0 Å². The molecule has 100 valence electrons. The number of hydrogen-bond acceptors (Lipinski definition) is 5. The smallest absolute Gasteiger partial charge is 0.311 e. The fourth-order valence-corrected chi connectivity index (χ4v) is 1.57. The van der Waals surface area contributed by atoms with Gasteiger partial charge in [-0.25, -0.2) is 0 Å². The fourth-order valence-electron chi connectivity index (χ4n) is 1.15. The van der Waals surface area contributed by atoms with Gasteiger partial charge in [-0.1, -0.05) is 0 Å². The third-order valence-corrected chi connectivity index (χ3v) is 3.64. The van der Waals surface area contributed by atoms with Gasteiger partial charge < -0.3 is 10.4 Å². The Morgan fingerprint density at radius 2 is 1.94 bits per heavy atom. The lowest BCUT2D eigenvalue weighted by Gasteiger charge is -2.38. The van der Waals surface area contributed by atoms with Crippen LogP contribution in [0.2, 0.25) is 0 Å². The monoisotopic (exact) mass is 317 g/mol. The van der Waals surface area contributed by atoms with E-state index >= 15 is 0 Å². The van der Waals surface area contributed by atoms with Gasteiger partial charge in [-0.3, -0.25) is 15.1 Å². The largest absolute Gasteiger partial charge is 0.388 e. The number of rotatable bonds is 4. The van der Waals surface area contributed by atoms with Crippen molar-refractivity contribution in [2.24, 2.45) is 0 Å². The Morgan fingerprint density at radius 3 is 2.39 bits per heavy atom. The van der Waals surface area contributed by atoms with E-state index in [1.165, 1.54) is 12.4 Å². The molecule has 6 nitrogen and oxygen atoms in total. The Balaban J connectivity index is 3.23. The zero-order valence-electron chi connectivity index (χ0n) is 10.7. The topological polar surface area (TPSA) is 88.3 Å². The summed E-state index contributed by atoms with van der Waals surface area (Å²) in [6, 6.07) is 0. The van der Waals surface area contributed by atoms with Crippen LogP contribution in [0.3, 0.4) is 0 Å². The Labute approximate surface area is 114 Å². The number of halogens is 1. The summed E-state index contributed by atoms with van der Waals surface area (Å²) in [6.07, 6.45) is 2.64. The number of nitrogens with zero attached hydrogens (tertiary/aromatic N) is 2. The minimum Gasteiger partial charge on any atom is -0.388 e. The molecule has 1 aromatic rings. The van der Waals surface area contributed by atoms with Gasteiger partial charge >= 0.3 is 5.69 Å². The Hall–Kier alpha value is -1.21. The second-order valence-corrected chi connectivity index (χ2v) is 5.94. The molecule has 0 bridgehead atoms. The molecule has 0 saturated heterocycles. The Bertz CT molecular complexity index is 469. The van der Waals surface area contributed by atoms with E-state index in [2.05, 4.69) is 26.2 Å². The quantitative estimate of drug-likeness (QED) is 0.658. The van der Waals surface area contributed by atoms with Gasteiger partial charge in [0.05, 0.1) is 20.5 Å². The van der Waals surface area contributed by atoms with Crippen LogP contribution in [0.4, 0.5) is 11.4 Å². The lowest BCUT2D eigenvalue weighted by atomic mass is 9.86. The van der Waals surface area contributed by atoms with E-state index in [9.17, 15) is 15.2 Å². The minimum atomic E-state index is -1.05. The molecule has 7 heteroatoms. The molecule has 0 radical (unpaired) electrons. The molecule has 2 N–H and O–H groups in total. The molecule has 18 heavy (non-hydrogen) atoms. The molecule has 0 amide bonds. The van der Waals surface area contributed by atoms with Crippen LogP contribution in [0.5, 0.6) is 0 Å². The van der Waals surface area contributed by atoms with Crippen molar-refractivity contribution in [3.63, 3.8) is 0 Å². The summed E-state index contributed by atoms with van der Waals surface area (Å²) >= 11 is 3.22. The van der Waals surface area contributed by atoms with Crippen molar-refractivity contribution in [1.82, 2.24) is 4.98 Å². The van der Waals surface area contributed by atoms with Crippen LogP contribution >= 0.6 is 15.9 Å². The normalized spacial score (nSPS) is 12.3. The lowest BCUT2D eigenvalue weighted by molar-refractivity contribution is -0.384. The van der Waals surface area contributed by atoms with E-state index in [-0.39, 0.29) is 5.69 Å². The first kappa shape index (κ1) is 14.8. The SMILES string of the molecule is CC(C)(O)C(C)(C)Nc1c(Br)cncc1[N+](=O)[O-]. The molecular weight excluding hydrogens is 302 g/mol. The number of anilines is 1. The van der Waals surface area contributed by atoms with Gasteiger partial charge in [0.2, 0.25) is 0 Å². The molecular formula is C11H16BrN3O3. The Kier molecular flexibility index (Phi) is 3.97. The summed E-state index contributed by atoms with van der Waals surface area (Å²) < 4.78 is 0.481. The molecule has 1 aromatic heterocycles. The van der Waals surface area contributed by atoms with E-state index in [0.717, 1.165) is 0 Å². The van der Waals surface area contributed by atoms with Crippen molar-refractivity contribution in [3.8, 4) is 0 Å². The first-order chi connectivity index (χ1) is 8.06. The average molecular weight is 318 g/mol. The molecule has 0 atom stereocenters. The Morgan fingerprint density at radius 1 is 1.39 bits per heavy atom. The molecule has 0 unspecified atom stereocenters. The maximum atomic E-state index is 11.0. The van der Waals surface area contributed by atoms with Crippen LogP contribution in [0.25, 0.3) is 0 Å². The van der Waals surface area contributed by atoms with Crippen LogP contribution in [0, 0.1) is 10.1 Å². The first-order valence-electron chi connectivity index (χ1n) is 5.35. The van der Waals surface area contributed by atoms with Crippen LogP contribution in [0.1, 0.15) is 27.7 Å². The molecule has 1 rings (SSSR count). The maximum absolute atomic E-state index is 11.0. The van der Waals surface area contributed by atoms with Gasteiger partial charge in [0.25, 0.3) is 0 Å². The van der Waals surface area contributed by atoms with Gasteiger partial charge in [0.1, 0.15) is 11.9 Å². The highest BCUT2D eigenvalue weighted by molar-refractivity contribution is 9.10. The van der Waals surface area contributed by atoms with Gasteiger partial charge in [0.15, 0.2) is 0 Å². The number of aromatic nitrogens is 1. The molecule has 0 aliphatic carbocycles. The van der Waals surface area contributed by atoms with Crippen LogP contribution in [0.15, 0.2) is 16.9 Å². The van der Waals surface area contributed by atoms with Crippen molar-refractivity contribution in [2.45, 2.75) is 38.8 Å². The zero-order chi connectivity index (χ0) is 14.1. The van der Waals surface area contributed by atoms with E-state index < -0.39 is 16.1 Å². The van der Waals surface area contributed by atoms with Crippen LogP contribution in [-0.2, 0) is 0 Å². The summed E-state index contributed by atoms with van der Waals surface area (Å²) in [5, 5.41) is 24.0. The average Bonchev–Trinajstić information content (AvgIpc) is 2.18. The molecule has 0 aliphatic rings. The zero-order valence-corrected chi connectivity index (χ0v) is 12.3. The number of pyridine rings is 1. The number of aliphatic hydroxyl groups is 1. The van der Waals surface area contributed by atoms with E-state index in [1.54, 1.807) is 27.7 Å². The van der Waals surface area contributed by atoms with Gasteiger partial charge in [0, 0.05) is 6.20 Å². The van der Waals surface area contributed by atoms with E-state index in [0.29, 0.717) is 10.2 Å². The van der Waals surface area contributed by atoms with Gasteiger partial charge in [-0.05, 0) is 43.6 Å². The fraction of sp³-hybridized carbons (Fsp3) is 0.545. The van der Waals surface area contributed by atoms with Crippen LogP contribution < -0.4 is 5.32 Å². The van der Waals surface area contributed by atoms with Crippen molar-refractivity contribution in [1.29, 1.82) is 0 Å². The highest BCUT2D eigenvalue weighted by Crippen LogP contribution is 2.35. The van der Waals surface area contributed by atoms with Crippen molar-refractivity contribution >= 4 is 27.3 Å². The predicted octanol–water partition coefficient (Wildman–Crippen LogP) is 2.71. The molecule has 0 saturated carbocycles. The minimum absolute atomic E-state index is 0.137. The lowest BCUT2D eigenvalue weighted by Crippen LogP contribution is -2.51. The molecule has 0 fully saturated rings.